The molecule has 0 saturated heterocycles. The number of thiazole rings is 1. The number of rotatable bonds is 9. The van der Waals surface area contributed by atoms with Gasteiger partial charge in [0.05, 0.1) is 29.5 Å². The number of fused-ring (bicyclic) bond motifs is 1. The summed E-state index contributed by atoms with van der Waals surface area (Å²) in [6, 6.07) is 18.4. The Kier molecular flexibility index (Phi) is 6.98. The summed E-state index contributed by atoms with van der Waals surface area (Å²) in [5, 5.41) is 8.40. The van der Waals surface area contributed by atoms with Crippen molar-refractivity contribution in [3.05, 3.63) is 77.6 Å². The van der Waals surface area contributed by atoms with Gasteiger partial charge in [-0.3, -0.25) is 5.41 Å². The maximum Gasteiger partial charge on any atom is 0.191 e. The van der Waals surface area contributed by atoms with Gasteiger partial charge < -0.3 is 20.1 Å². The molecule has 3 N–H and O–H groups in total. The average molecular weight is 479 g/mol. The quantitative estimate of drug-likeness (QED) is 0.220. The van der Waals surface area contributed by atoms with E-state index >= 15 is 4.39 Å². The molecular weight excluding hydrogens is 451 g/mol. The van der Waals surface area contributed by atoms with Crippen molar-refractivity contribution in [2.75, 3.05) is 11.5 Å². The molecule has 0 aliphatic heterocycles. The number of ether oxygens (including phenoxy) is 2. The molecular formula is C26H27FN4O2S. The fourth-order valence-electron chi connectivity index (χ4n) is 3.57. The number of para-hydroxylation sites is 1. The number of amidine groups is 1. The molecule has 0 saturated carbocycles. The summed E-state index contributed by atoms with van der Waals surface area (Å²) in [4.78, 5) is 6.74. The zero-order valence-corrected chi connectivity index (χ0v) is 20.2. The number of anilines is 2. The lowest BCUT2D eigenvalue weighted by atomic mass is 10.1. The van der Waals surface area contributed by atoms with Gasteiger partial charge in [0.2, 0.25) is 0 Å². The van der Waals surface area contributed by atoms with Crippen LogP contribution in [0.2, 0.25) is 0 Å². The molecule has 0 bridgehead atoms. The summed E-state index contributed by atoms with van der Waals surface area (Å²) in [6.07, 6.45) is -0.182. The number of nitrogens with one attached hydrogen (secondary N) is 1. The maximum atomic E-state index is 15.6. The Morgan fingerprint density at radius 2 is 1.88 bits per heavy atom. The third-order valence-corrected chi connectivity index (χ3v) is 6.15. The highest BCUT2D eigenvalue weighted by Gasteiger charge is 2.21. The number of benzene rings is 3. The van der Waals surface area contributed by atoms with Crippen LogP contribution in [0.25, 0.3) is 10.2 Å². The molecule has 4 aromatic rings. The maximum absolute atomic E-state index is 15.6. The lowest BCUT2D eigenvalue weighted by molar-refractivity contribution is 0.228. The summed E-state index contributed by atoms with van der Waals surface area (Å²) >= 11 is 1.53. The number of nitrogens with zero attached hydrogens (tertiary/aromatic N) is 2. The first kappa shape index (κ1) is 23.5. The van der Waals surface area contributed by atoms with Gasteiger partial charge >= 0.3 is 0 Å². The Morgan fingerprint density at radius 1 is 1.15 bits per heavy atom. The van der Waals surface area contributed by atoms with Crippen LogP contribution in [0.15, 0.2) is 60.7 Å². The summed E-state index contributed by atoms with van der Waals surface area (Å²) in [6.45, 7) is 6.27. The predicted molar refractivity (Wildman–Crippen MR) is 136 cm³/mol. The van der Waals surface area contributed by atoms with Gasteiger partial charge in [-0.1, -0.05) is 23.5 Å². The third-order valence-electron chi connectivity index (χ3n) is 5.09. The van der Waals surface area contributed by atoms with Gasteiger partial charge in [-0.15, -0.1) is 0 Å². The van der Waals surface area contributed by atoms with Crippen molar-refractivity contribution in [1.82, 2.24) is 4.98 Å². The van der Waals surface area contributed by atoms with Gasteiger partial charge in [-0.2, -0.15) is 0 Å². The highest BCUT2D eigenvalue weighted by Crippen LogP contribution is 2.37. The van der Waals surface area contributed by atoms with E-state index in [0.29, 0.717) is 23.5 Å². The van der Waals surface area contributed by atoms with E-state index in [4.69, 9.17) is 25.6 Å². The summed E-state index contributed by atoms with van der Waals surface area (Å²) in [7, 11) is 0. The molecule has 8 heteroatoms. The van der Waals surface area contributed by atoms with Crippen LogP contribution < -0.4 is 20.1 Å². The highest BCUT2D eigenvalue weighted by atomic mass is 32.1. The average Bonchev–Trinajstić information content (AvgIpc) is 3.24. The molecule has 176 valence electrons. The van der Waals surface area contributed by atoms with Crippen LogP contribution in [0.4, 0.5) is 15.2 Å². The van der Waals surface area contributed by atoms with Crippen LogP contribution in [0.5, 0.6) is 11.5 Å². The van der Waals surface area contributed by atoms with E-state index < -0.39 is 5.82 Å². The van der Waals surface area contributed by atoms with Gasteiger partial charge in [0.25, 0.3) is 0 Å². The molecule has 0 aliphatic rings. The minimum atomic E-state index is -0.427. The van der Waals surface area contributed by atoms with Crippen molar-refractivity contribution in [1.29, 1.82) is 5.41 Å². The standard InChI is InChI=1S/C26H27FN4O2S/c1-4-32-20-13-18(24(27)22(14-20)33-16(2)3)15-31(19-11-9-17(10-12-19)25(28)29)26-30-21-7-5-6-8-23(21)34-26/h5-14,16H,4,15H2,1-3H3,(H3,28,29). The molecule has 0 amide bonds. The second-order valence-electron chi connectivity index (χ2n) is 8.00. The molecule has 0 radical (unpaired) electrons. The molecule has 6 nitrogen and oxygen atoms in total. The first-order valence-electron chi connectivity index (χ1n) is 11.0. The molecule has 0 unspecified atom stereocenters. The van der Waals surface area contributed by atoms with E-state index in [-0.39, 0.29) is 24.2 Å². The van der Waals surface area contributed by atoms with E-state index in [2.05, 4.69) is 0 Å². The Balaban J connectivity index is 1.80. The van der Waals surface area contributed by atoms with Crippen LogP contribution in [0.3, 0.4) is 0 Å². The van der Waals surface area contributed by atoms with Gasteiger partial charge in [-0.05, 0) is 63.2 Å². The third kappa shape index (κ3) is 5.12. The van der Waals surface area contributed by atoms with Crippen molar-refractivity contribution in [2.45, 2.75) is 33.4 Å². The largest absolute Gasteiger partial charge is 0.494 e. The molecule has 3 aromatic carbocycles. The monoisotopic (exact) mass is 478 g/mol. The Labute approximate surface area is 202 Å². The zero-order chi connectivity index (χ0) is 24.2. The molecule has 1 heterocycles. The van der Waals surface area contributed by atoms with Crippen molar-refractivity contribution in [2.24, 2.45) is 5.73 Å². The summed E-state index contributed by atoms with van der Waals surface area (Å²) in [5.74, 6) is 0.269. The molecule has 0 atom stereocenters. The number of hydrogen-bond donors (Lipinski definition) is 2. The van der Waals surface area contributed by atoms with Crippen molar-refractivity contribution in [3.8, 4) is 11.5 Å². The fraction of sp³-hybridized carbons (Fsp3) is 0.231. The normalized spacial score (nSPS) is 11.1. The molecule has 1 aromatic heterocycles. The van der Waals surface area contributed by atoms with Crippen LogP contribution >= 0.6 is 11.3 Å². The van der Waals surface area contributed by atoms with Crippen LogP contribution in [0, 0.1) is 11.2 Å². The first-order chi connectivity index (χ1) is 16.4. The lowest BCUT2D eigenvalue weighted by Gasteiger charge is -2.24. The number of halogens is 1. The Morgan fingerprint density at radius 3 is 2.53 bits per heavy atom. The van der Waals surface area contributed by atoms with Crippen LogP contribution in [-0.4, -0.2) is 23.5 Å². The molecule has 0 aliphatic carbocycles. The van der Waals surface area contributed by atoms with Crippen LogP contribution in [-0.2, 0) is 6.54 Å². The number of hydrogen-bond acceptors (Lipinski definition) is 6. The zero-order valence-electron chi connectivity index (χ0n) is 19.3. The van der Waals surface area contributed by atoms with Gasteiger partial charge in [0.15, 0.2) is 16.7 Å². The topological polar surface area (TPSA) is 84.5 Å². The van der Waals surface area contributed by atoms with E-state index in [1.54, 1.807) is 24.3 Å². The predicted octanol–water partition coefficient (Wildman–Crippen LogP) is 6.24. The van der Waals surface area contributed by atoms with E-state index in [1.807, 2.05) is 62.1 Å². The van der Waals surface area contributed by atoms with Gasteiger partial charge in [-0.25, -0.2) is 9.37 Å². The molecule has 0 fully saturated rings. The summed E-state index contributed by atoms with van der Waals surface area (Å²) in [5.41, 5.74) is 8.35. The van der Waals surface area contributed by atoms with E-state index in [0.717, 1.165) is 21.0 Å². The molecule has 34 heavy (non-hydrogen) atoms. The Bertz CT molecular complexity index is 1270. The van der Waals surface area contributed by atoms with E-state index in [9.17, 15) is 0 Å². The van der Waals surface area contributed by atoms with Gasteiger partial charge in [0, 0.05) is 22.9 Å². The molecule has 4 rings (SSSR count). The number of aromatic nitrogens is 1. The van der Waals surface area contributed by atoms with Crippen molar-refractivity contribution >= 4 is 38.2 Å². The van der Waals surface area contributed by atoms with Crippen LogP contribution in [0.1, 0.15) is 31.9 Å². The highest BCUT2D eigenvalue weighted by molar-refractivity contribution is 7.22. The smallest absolute Gasteiger partial charge is 0.191 e. The number of nitrogens with two attached hydrogens (primary N) is 1. The van der Waals surface area contributed by atoms with Crippen molar-refractivity contribution in [3.63, 3.8) is 0 Å². The van der Waals surface area contributed by atoms with Crippen molar-refractivity contribution < 1.29 is 13.9 Å². The minimum absolute atomic E-state index is 0.0102. The van der Waals surface area contributed by atoms with Gasteiger partial charge in [0.1, 0.15) is 11.6 Å². The SMILES string of the molecule is CCOc1cc(CN(c2ccc(C(=N)N)cc2)c2nc3ccccc3s2)c(F)c(OC(C)C)c1. The first-order valence-corrected chi connectivity index (χ1v) is 11.9. The lowest BCUT2D eigenvalue weighted by Crippen LogP contribution is -2.19. The fourth-order valence-corrected chi connectivity index (χ4v) is 4.55. The second kappa shape index (κ2) is 10.1. The molecule has 0 spiro atoms. The Hall–Kier alpha value is -3.65. The second-order valence-corrected chi connectivity index (χ2v) is 9.01. The summed E-state index contributed by atoms with van der Waals surface area (Å²) < 4.78 is 28.0. The number of nitrogen functional groups attached to an aromatic ring is 1. The minimum Gasteiger partial charge on any atom is -0.494 e. The van der Waals surface area contributed by atoms with E-state index in [1.165, 1.54) is 11.3 Å².